The van der Waals surface area contributed by atoms with Crippen molar-refractivity contribution in [2.75, 3.05) is 26.7 Å². The lowest BCUT2D eigenvalue weighted by atomic mass is 10.0. The van der Waals surface area contributed by atoms with Crippen molar-refractivity contribution in [3.05, 3.63) is 35.9 Å². The number of ether oxygens (including phenoxy) is 1. The van der Waals surface area contributed by atoms with Gasteiger partial charge in [0.2, 0.25) is 0 Å². The van der Waals surface area contributed by atoms with E-state index in [0.717, 1.165) is 32.6 Å². The van der Waals surface area contributed by atoms with Crippen LogP contribution in [0.1, 0.15) is 31.2 Å². The highest BCUT2D eigenvalue weighted by molar-refractivity contribution is 5.69. The second-order valence-corrected chi connectivity index (χ2v) is 5.67. The van der Waals surface area contributed by atoms with Gasteiger partial charge in [-0.25, -0.2) is 0 Å². The Labute approximate surface area is 127 Å². The Morgan fingerprint density at radius 2 is 2.00 bits per heavy atom. The minimum Gasteiger partial charge on any atom is -0.469 e. The van der Waals surface area contributed by atoms with E-state index in [2.05, 4.69) is 45.3 Å². The van der Waals surface area contributed by atoms with E-state index in [4.69, 9.17) is 0 Å². The Hall–Kier alpha value is -1.39. The van der Waals surface area contributed by atoms with Crippen LogP contribution >= 0.6 is 0 Å². The minimum atomic E-state index is -0.116. The van der Waals surface area contributed by atoms with Crippen LogP contribution in [0.15, 0.2) is 30.3 Å². The van der Waals surface area contributed by atoms with Crippen molar-refractivity contribution < 1.29 is 9.53 Å². The van der Waals surface area contributed by atoms with Gasteiger partial charge in [0.15, 0.2) is 0 Å². The van der Waals surface area contributed by atoms with E-state index in [0.29, 0.717) is 12.5 Å². The molecule has 4 heteroatoms. The second-order valence-electron chi connectivity index (χ2n) is 5.67. The number of esters is 1. The van der Waals surface area contributed by atoms with Crippen molar-refractivity contribution in [2.24, 2.45) is 0 Å². The second kappa shape index (κ2) is 8.80. The molecule has 0 unspecified atom stereocenters. The number of carbonyl (C=O) groups excluding carboxylic acids is 1. The van der Waals surface area contributed by atoms with E-state index in [-0.39, 0.29) is 5.97 Å². The molecular formula is C17H26N2O2. The first-order valence-electron chi connectivity index (χ1n) is 7.84. The maximum atomic E-state index is 11.0. The molecule has 1 aromatic rings. The van der Waals surface area contributed by atoms with Gasteiger partial charge in [-0.2, -0.15) is 0 Å². The third-order valence-corrected chi connectivity index (χ3v) is 4.05. The van der Waals surface area contributed by atoms with Gasteiger partial charge in [-0.05, 0) is 44.5 Å². The summed E-state index contributed by atoms with van der Waals surface area (Å²) in [4.78, 5) is 13.5. The summed E-state index contributed by atoms with van der Waals surface area (Å²) in [5.41, 5.74) is 1.39. The summed E-state index contributed by atoms with van der Waals surface area (Å²) >= 11 is 0. The molecule has 4 nitrogen and oxygen atoms in total. The SMILES string of the molecule is COC(=O)CCCNC1CCN(Cc2ccccc2)CC1. The van der Waals surface area contributed by atoms with Crippen LogP contribution in [-0.4, -0.2) is 43.7 Å². The van der Waals surface area contributed by atoms with Crippen LogP contribution in [0, 0.1) is 0 Å². The summed E-state index contributed by atoms with van der Waals surface area (Å²) in [6.07, 6.45) is 3.74. The van der Waals surface area contributed by atoms with Crippen molar-refractivity contribution in [1.29, 1.82) is 0 Å². The minimum absolute atomic E-state index is 0.116. The fourth-order valence-corrected chi connectivity index (χ4v) is 2.78. The van der Waals surface area contributed by atoms with Gasteiger partial charge in [0.05, 0.1) is 7.11 Å². The molecule has 1 saturated heterocycles. The van der Waals surface area contributed by atoms with Gasteiger partial charge in [0.1, 0.15) is 0 Å². The summed E-state index contributed by atoms with van der Waals surface area (Å²) < 4.78 is 4.64. The summed E-state index contributed by atoms with van der Waals surface area (Å²) in [6.45, 7) is 4.24. The zero-order chi connectivity index (χ0) is 14.9. The largest absolute Gasteiger partial charge is 0.469 e. The molecule has 1 fully saturated rings. The Morgan fingerprint density at radius 1 is 1.29 bits per heavy atom. The predicted molar refractivity (Wildman–Crippen MR) is 84.0 cm³/mol. The van der Waals surface area contributed by atoms with Crippen LogP contribution in [0.4, 0.5) is 0 Å². The lowest BCUT2D eigenvalue weighted by molar-refractivity contribution is -0.140. The summed E-state index contributed by atoms with van der Waals surface area (Å²) in [6, 6.07) is 11.2. The first-order chi connectivity index (χ1) is 10.3. The number of methoxy groups -OCH3 is 1. The lowest BCUT2D eigenvalue weighted by Gasteiger charge is -2.32. The van der Waals surface area contributed by atoms with Gasteiger partial charge in [0, 0.05) is 19.0 Å². The highest BCUT2D eigenvalue weighted by Gasteiger charge is 2.18. The number of carbonyl (C=O) groups is 1. The third kappa shape index (κ3) is 5.86. The average Bonchev–Trinajstić information content (AvgIpc) is 2.54. The van der Waals surface area contributed by atoms with Crippen molar-refractivity contribution >= 4 is 5.97 Å². The molecule has 0 amide bonds. The molecule has 21 heavy (non-hydrogen) atoms. The summed E-state index contributed by atoms with van der Waals surface area (Å²) in [5, 5.41) is 3.55. The number of hydrogen-bond donors (Lipinski definition) is 1. The van der Waals surface area contributed by atoms with E-state index >= 15 is 0 Å². The van der Waals surface area contributed by atoms with E-state index in [1.54, 1.807) is 0 Å². The normalized spacial score (nSPS) is 16.8. The fourth-order valence-electron chi connectivity index (χ4n) is 2.78. The van der Waals surface area contributed by atoms with Crippen molar-refractivity contribution in [3.63, 3.8) is 0 Å². The molecule has 0 radical (unpaired) electrons. The topological polar surface area (TPSA) is 41.6 Å². The van der Waals surface area contributed by atoms with Gasteiger partial charge < -0.3 is 10.1 Å². The maximum Gasteiger partial charge on any atom is 0.305 e. The van der Waals surface area contributed by atoms with Crippen molar-refractivity contribution in [3.8, 4) is 0 Å². The Balaban J connectivity index is 1.59. The molecule has 1 aliphatic heterocycles. The van der Waals surface area contributed by atoms with Gasteiger partial charge in [-0.1, -0.05) is 30.3 Å². The van der Waals surface area contributed by atoms with Crippen LogP contribution in [0.2, 0.25) is 0 Å². The number of benzene rings is 1. The third-order valence-electron chi connectivity index (χ3n) is 4.05. The predicted octanol–water partition coefficient (Wildman–Crippen LogP) is 2.19. The first kappa shape index (κ1) is 16.0. The molecule has 0 saturated carbocycles. The van der Waals surface area contributed by atoms with Gasteiger partial charge in [-0.3, -0.25) is 9.69 Å². The van der Waals surface area contributed by atoms with Gasteiger partial charge in [0.25, 0.3) is 0 Å². The quantitative estimate of drug-likeness (QED) is 0.617. The van der Waals surface area contributed by atoms with Crippen LogP contribution in [0.3, 0.4) is 0 Å². The van der Waals surface area contributed by atoms with Crippen molar-refractivity contribution in [1.82, 2.24) is 10.2 Å². The van der Waals surface area contributed by atoms with Crippen LogP contribution < -0.4 is 5.32 Å². The zero-order valence-electron chi connectivity index (χ0n) is 12.9. The van der Waals surface area contributed by atoms with Crippen LogP contribution in [0.5, 0.6) is 0 Å². The molecule has 1 aliphatic rings. The van der Waals surface area contributed by atoms with Crippen LogP contribution in [0.25, 0.3) is 0 Å². The number of nitrogens with zero attached hydrogens (tertiary/aromatic N) is 1. The molecule has 0 aromatic heterocycles. The lowest BCUT2D eigenvalue weighted by Crippen LogP contribution is -2.42. The highest BCUT2D eigenvalue weighted by Crippen LogP contribution is 2.13. The van der Waals surface area contributed by atoms with Crippen molar-refractivity contribution in [2.45, 2.75) is 38.3 Å². The molecule has 1 N–H and O–H groups in total. The van der Waals surface area contributed by atoms with E-state index in [1.165, 1.54) is 25.5 Å². The van der Waals surface area contributed by atoms with Gasteiger partial charge in [-0.15, -0.1) is 0 Å². The number of piperidine rings is 1. The molecule has 1 heterocycles. The molecule has 0 bridgehead atoms. The molecule has 1 aromatic carbocycles. The number of hydrogen-bond acceptors (Lipinski definition) is 4. The maximum absolute atomic E-state index is 11.0. The molecular weight excluding hydrogens is 264 g/mol. The number of likely N-dealkylation sites (tertiary alicyclic amines) is 1. The first-order valence-corrected chi connectivity index (χ1v) is 7.84. The molecule has 0 atom stereocenters. The fraction of sp³-hybridized carbons (Fsp3) is 0.588. The number of rotatable bonds is 7. The molecule has 2 rings (SSSR count). The highest BCUT2D eigenvalue weighted by atomic mass is 16.5. The number of nitrogens with one attached hydrogen (secondary N) is 1. The van der Waals surface area contributed by atoms with E-state index in [9.17, 15) is 4.79 Å². The Bertz CT molecular complexity index is 414. The zero-order valence-corrected chi connectivity index (χ0v) is 12.9. The standard InChI is InChI=1S/C17H26N2O2/c1-21-17(20)8-5-11-18-16-9-12-19(13-10-16)14-15-6-3-2-4-7-15/h2-4,6-7,16,18H,5,8-14H2,1H3. The van der Waals surface area contributed by atoms with Gasteiger partial charge >= 0.3 is 5.97 Å². The Kier molecular flexibility index (Phi) is 6.70. The monoisotopic (exact) mass is 290 g/mol. The van der Waals surface area contributed by atoms with E-state index in [1.807, 2.05) is 0 Å². The van der Waals surface area contributed by atoms with E-state index < -0.39 is 0 Å². The molecule has 0 aliphatic carbocycles. The molecule has 0 spiro atoms. The molecule has 116 valence electrons. The van der Waals surface area contributed by atoms with Crippen LogP contribution in [-0.2, 0) is 16.1 Å². The smallest absolute Gasteiger partial charge is 0.305 e. The Morgan fingerprint density at radius 3 is 2.67 bits per heavy atom. The summed E-state index contributed by atoms with van der Waals surface area (Å²) in [5.74, 6) is -0.116. The average molecular weight is 290 g/mol. The summed E-state index contributed by atoms with van der Waals surface area (Å²) in [7, 11) is 1.44.